The lowest BCUT2D eigenvalue weighted by molar-refractivity contribution is -0.136. The van der Waals surface area contributed by atoms with E-state index < -0.39 is 0 Å². The topological polar surface area (TPSA) is 41.6 Å². The van der Waals surface area contributed by atoms with E-state index in [0.717, 1.165) is 19.4 Å². The summed E-state index contributed by atoms with van der Waals surface area (Å²) in [5.41, 5.74) is 0. The van der Waals surface area contributed by atoms with Crippen molar-refractivity contribution in [1.29, 1.82) is 0 Å². The highest BCUT2D eigenvalue weighted by atomic mass is 16.5. The average molecular weight is 294 g/mol. The zero-order chi connectivity index (χ0) is 15.0. The van der Waals surface area contributed by atoms with Crippen LogP contribution in [-0.2, 0) is 9.53 Å². The molecule has 1 amide bonds. The summed E-state index contributed by atoms with van der Waals surface area (Å²) in [6, 6.07) is 0.372. The fourth-order valence-electron chi connectivity index (χ4n) is 4.38. The Morgan fingerprint density at radius 3 is 2.57 bits per heavy atom. The Labute approximate surface area is 128 Å². The second-order valence-corrected chi connectivity index (χ2v) is 7.48. The van der Waals surface area contributed by atoms with Crippen LogP contribution in [0.5, 0.6) is 0 Å². The Morgan fingerprint density at radius 1 is 1.24 bits per heavy atom. The van der Waals surface area contributed by atoms with Crippen molar-refractivity contribution in [3.05, 3.63) is 0 Å². The van der Waals surface area contributed by atoms with Gasteiger partial charge in [-0.05, 0) is 44.4 Å². The normalized spacial score (nSPS) is 38.7. The molecule has 0 spiro atoms. The van der Waals surface area contributed by atoms with Gasteiger partial charge in [-0.25, -0.2) is 0 Å². The van der Waals surface area contributed by atoms with E-state index in [9.17, 15) is 4.79 Å². The summed E-state index contributed by atoms with van der Waals surface area (Å²) >= 11 is 0. The van der Waals surface area contributed by atoms with Gasteiger partial charge in [-0.3, -0.25) is 10.1 Å². The molecule has 2 saturated heterocycles. The van der Waals surface area contributed by atoms with E-state index in [1.807, 2.05) is 0 Å². The second kappa shape index (κ2) is 6.25. The number of carbonyl (C=O) groups is 1. The van der Waals surface area contributed by atoms with Crippen LogP contribution in [0.4, 0.5) is 0 Å². The monoisotopic (exact) mass is 294 g/mol. The minimum Gasteiger partial charge on any atom is -0.378 e. The molecule has 21 heavy (non-hydrogen) atoms. The Hall–Kier alpha value is -0.610. The largest absolute Gasteiger partial charge is 0.378 e. The molecule has 2 aliphatic heterocycles. The highest BCUT2D eigenvalue weighted by Crippen LogP contribution is 2.36. The second-order valence-electron chi connectivity index (χ2n) is 7.48. The average Bonchev–Trinajstić information content (AvgIpc) is 3.05. The van der Waals surface area contributed by atoms with Crippen molar-refractivity contribution in [2.45, 2.75) is 83.6 Å². The van der Waals surface area contributed by atoms with Crippen LogP contribution in [0.3, 0.4) is 0 Å². The molecule has 4 nitrogen and oxygen atoms in total. The van der Waals surface area contributed by atoms with Crippen LogP contribution in [-0.4, -0.2) is 41.8 Å². The lowest BCUT2D eigenvalue weighted by Gasteiger charge is -2.39. The molecule has 0 aromatic carbocycles. The van der Waals surface area contributed by atoms with E-state index in [-0.39, 0.29) is 18.3 Å². The lowest BCUT2D eigenvalue weighted by Crippen LogP contribution is -2.50. The van der Waals surface area contributed by atoms with Crippen molar-refractivity contribution >= 4 is 5.91 Å². The van der Waals surface area contributed by atoms with Gasteiger partial charge in [-0.1, -0.05) is 26.7 Å². The van der Waals surface area contributed by atoms with E-state index in [4.69, 9.17) is 4.74 Å². The van der Waals surface area contributed by atoms with E-state index >= 15 is 0 Å². The first-order valence-electron chi connectivity index (χ1n) is 8.77. The minimum absolute atomic E-state index is 0.00810. The molecule has 3 aliphatic rings. The quantitative estimate of drug-likeness (QED) is 0.869. The molecular formula is C17H30N2O2. The smallest absolute Gasteiger partial charge is 0.241 e. The van der Waals surface area contributed by atoms with Crippen molar-refractivity contribution < 1.29 is 9.53 Å². The number of nitrogens with zero attached hydrogens (tertiary/aromatic N) is 1. The van der Waals surface area contributed by atoms with Gasteiger partial charge in [0.05, 0.1) is 18.3 Å². The number of ether oxygens (including phenoxy) is 1. The maximum absolute atomic E-state index is 12.9. The van der Waals surface area contributed by atoms with Gasteiger partial charge < -0.3 is 9.64 Å². The molecule has 3 rings (SSSR count). The number of amides is 1. The number of carbonyl (C=O) groups excluding carboxylic acids is 1. The molecule has 4 heteroatoms. The first-order chi connectivity index (χ1) is 10.1. The van der Waals surface area contributed by atoms with Gasteiger partial charge in [-0.15, -0.1) is 0 Å². The van der Waals surface area contributed by atoms with Gasteiger partial charge in [0.2, 0.25) is 5.91 Å². The highest BCUT2D eigenvalue weighted by Gasteiger charge is 2.47. The van der Waals surface area contributed by atoms with Crippen LogP contribution >= 0.6 is 0 Å². The van der Waals surface area contributed by atoms with Crippen LogP contribution in [0.2, 0.25) is 0 Å². The van der Waals surface area contributed by atoms with Crippen LogP contribution in [0.1, 0.15) is 59.3 Å². The number of hydrogen-bond donors (Lipinski definition) is 1. The van der Waals surface area contributed by atoms with Crippen molar-refractivity contribution in [2.75, 3.05) is 6.61 Å². The molecule has 120 valence electrons. The molecule has 0 aromatic rings. The summed E-state index contributed by atoms with van der Waals surface area (Å²) in [7, 11) is 0. The predicted molar refractivity (Wildman–Crippen MR) is 82.8 cm³/mol. The van der Waals surface area contributed by atoms with Crippen LogP contribution in [0.25, 0.3) is 0 Å². The number of nitrogens with one attached hydrogen (secondary N) is 1. The maximum Gasteiger partial charge on any atom is 0.241 e. The molecule has 4 atom stereocenters. The van der Waals surface area contributed by atoms with Crippen molar-refractivity contribution in [1.82, 2.24) is 10.2 Å². The molecule has 3 fully saturated rings. The SMILES string of the molecule is CC1CC(N2C(=O)C(C(C)C)NC2C2CCCC2)CCO1. The van der Waals surface area contributed by atoms with Gasteiger partial charge >= 0.3 is 0 Å². The summed E-state index contributed by atoms with van der Waals surface area (Å²) in [5, 5.41) is 3.68. The predicted octanol–water partition coefficient (Wildman–Crippen LogP) is 2.53. The molecule has 0 aromatic heterocycles. The van der Waals surface area contributed by atoms with Crippen LogP contribution in [0.15, 0.2) is 0 Å². The minimum atomic E-state index is 0.00810. The molecular weight excluding hydrogens is 264 g/mol. The standard InChI is InChI=1S/C17H30N2O2/c1-11(2)15-17(20)19(14-8-9-21-12(3)10-14)16(18-15)13-6-4-5-7-13/h11-16,18H,4-10H2,1-3H3. The Balaban J connectivity index is 1.80. The summed E-state index contributed by atoms with van der Waals surface area (Å²) in [4.78, 5) is 15.2. The van der Waals surface area contributed by atoms with Crippen molar-refractivity contribution in [2.24, 2.45) is 11.8 Å². The van der Waals surface area contributed by atoms with Crippen molar-refractivity contribution in [3.63, 3.8) is 0 Å². The summed E-state index contributed by atoms with van der Waals surface area (Å²) in [6.07, 6.45) is 7.70. The van der Waals surface area contributed by atoms with E-state index in [1.54, 1.807) is 0 Å². The van der Waals surface area contributed by atoms with Crippen molar-refractivity contribution in [3.8, 4) is 0 Å². The molecule has 4 unspecified atom stereocenters. The zero-order valence-corrected chi connectivity index (χ0v) is 13.7. The van der Waals surface area contributed by atoms with E-state index in [2.05, 4.69) is 31.0 Å². The third kappa shape index (κ3) is 2.98. The van der Waals surface area contributed by atoms with Crippen LogP contribution in [0, 0.1) is 11.8 Å². The van der Waals surface area contributed by atoms with Gasteiger partial charge in [0.25, 0.3) is 0 Å². The maximum atomic E-state index is 12.9. The van der Waals surface area contributed by atoms with E-state index in [1.165, 1.54) is 25.7 Å². The molecule has 0 bridgehead atoms. The van der Waals surface area contributed by atoms with Gasteiger partial charge in [0.1, 0.15) is 0 Å². The fraction of sp³-hybridized carbons (Fsp3) is 0.941. The molecule has 1 N–H and O–H groups in total. The Bertz CT molecular complexity index is 379. The number of rotatable bonds is 3. The first kappa shape index (κ1) is 15.3. The van der Waals surface area contributed by atoms with Gasteiger partial charge in [0, 0.05) is 12.6 Å². The van der Waals surface area contributed by atoms with Gasteiger partial charge in [-0.2, -0.15) is 0 Å². The van der Waals surface area contributed by atoms with Crippen LogP contribution < -0.4 is 5.32 Å². The van der Waals surface area contributed by atoms with E-state index in [0.29, 0.717) is 23.8 Å². The van der Waals surface area contributed by atoms with Gasteiger partial charge in [0.15, 0.2) is 0 Å². The molecule has 0 radical (unpaired) electrons. The number of hydrogen-bond acceptors (Lipinski definition) is 3. The third-order valence-electron chi connectivity index (χ3n) is 5.53. The molecule has 1 saturated carbocycles. The summed E-state index contributed by atoms with van der Waals surface area (Å²) in [5.74, 6) is 1.35. The molecule has 1 aliphatic carbocycles. The Kier molecular flexibility index (Phi) is 4.55. The Morgan fingerprint density at radius 2 is 1.95 bits per heavy atom. The zero-order valence-electron chi connectivity index (χ0n) is 13.7. The fourth-order valence-corrected chi connectivity index (χ4v) is 4.38. The molecule has 2 heterocycles. The highest BCUT2D eigenvalue weighted by molar-refractivity contribution is 5.85. The summed E-state index contributed by atoms with van der Waals surface area (Å²) < 4.78 is 5.68. The summed E-state index contributed by atoms with van der Waals surface area (Å²) in [6.45, 7) is 7.22. The first-order valence-corrected chi connectivity index (χ1v) is 8.77. The lowest BCUT2D eigenvalue weighted by atomic mass is 9.98. The third-order valence-corrected chi connectivity index (χ3v) is 5.53.